The zero-order valence-electron chi connectivity index (χ0n) is 9.71. The van der Waals surface area contributed by atoms with Gasteiger partial charge >= 0.3 is 11.8 Å². The summed E-state index contributed by atoms with van der Waals surface area (Å²) in [5.41, 5.74) is 0. The summed E-state index contributed by atoms with van der Waals surface area (Å²) in [6.07, 6.45) is 7.71. The monoisotopic (exact) mass is 224 g/mol. The smallest absolute Gasteiger partial charge is 0.311 e. The maximum atomic E-state index is 11.7. The van der Waals surface area contributed by atoms with Gasteiger partial charge in [-0.3, -0.25) is 9.59 Å². The van der Waals surface area contributed by atoms with Crippen LogP contribution in [-0.2, 0) is 9.59 Å². The second-order valence-electron chi connectivity index (χ2n) is 4.81. The van der Waals surface area contributed by atoms with Crippen molar-refractivity contribution in [1.82, 2.24) is 10.2 Å². The molecule has 0 atom stereocenters. The van der Waals surface area contributed by atoms with Crippen molar-refractivity contribution in [3.8, 4) is 0 Å². The normalized spacial score (nSPS) is 22.1. The highest BCUT2D eigenvalue weighted by Gasteiger charge is 2.26. The van der Waals surface area contributed by atoms with Crippen LogP contribution in [0.15, 0.2) is 0 Å². The van der Waals surface area contributed by atoms with Crippen molar-refractivity contribution < 1.29 is 9.59 Å². The Balaban J connectivity index is 1.79. The van der Waals surface area contributed by atoms with Crippen LogP contribution in [0.3, 0.4) is 0 Å². The van der Waals surface area contributed by atoms with Crippen molar-refractivity contribution in [2.45, 2.75) is 51.0 Å². The minimum atomic E-state index is -0.395. The Kier molecular flexibility index (Phi) is 3.80. The minimum absolute atomic E-state index is 0.229. The molecule has 4 nitrogen and oxygen atoms in total. The van der Waals surface area contributed by atoms with Gasteiger partial charge in [0.2, 0.25) is 0 Å². The average Bonchev–Trinajstić information content (AvgIpc) is 2.83. The predicted octanol–water partition coefficient (Wildman–Crippen LogP) is 1.06. The van der Waals surface area contributed by atoms with Gasteiger partial charge in [0.15, 0.2) is 0 Å². The highest BCUT2D eigenvalue weighted by atomic mass is 16.2. The molecule has 2 fully saturated rings. The lowest BCUT2D eigenvalue weighted by atomic mass is 9.95. The fourth-order valence-corrected chi connectivity index (χ4v) is 2.56. The number of rotatable bonds is 1. The van der Waals surface area contributed by atoms with Crippen LogP contribution in [0.2, 0.25) is 0 Å². The summed E-state index contributed by atoms with van der Waals surface area (Å²) in [7, 11) is 0. The van der Waals surface area contributed by atoms with Gasteiger partial charge in [-0.2, -0.15) is 0 Å². The lowest BCUT2D eigenvalue weighted by Crippen LogP contribution is -2.46. The van der Waals surface area contributed by atoms with E-state index in [9.17, 15) is 9.59 Å². The molecule has 1 aliphatic heterocycles. The van der Waals surface area contributed by atoms with Gasteiger partial charge in [-0.25, -0.2) is 0 Å². The molecule has 1 aliphatic carbocycles. The largest absolute Gasteiger partial charge is 0.345 e. The van der Waals surface area contributed by atoms with E-state index in [4.69, 9.17) is 0 Å². The molecule has 1 N–H and O–H groups in total. The lowest BCUT2D eigenvalue weighted by Gasteiger charge is -2.23. The van der Waals surface area contributed by atoms with Gasteiger partial charge in [-0.1, -0.05) is 19.3 Å². The topological polar surface area (TPSA) is 49.4 Å². The first-order chi connectivity index (χ1) is 7.77. The highest BCUT2D eigenvalue weighted by Crippen LogP contribution is 2.17. The molecular formula is C12H20N2O2. The molecule has 0 spiro atoms. The second kappa shape index (κ2) is 5.32. The van der Waals surface area contributed by atoms with Gasteiger partial charge < -0.3 is 10.2 Å². The maximum Gasteiger partial charge on any atom is 0.311 e. The number of hydrogen-bond acceptors (Lipinski definition) is 2. The molecule has 0 aromatic heterocycles. The Morgan fingerprint density at radius 2 is 1.56 bits per heavy atom. The van der Waals surface area contributed by atoms with Gasteiger partial charge in [0.25, 0.3) is 0 Å². The van der Waals surface area contributed by atoms with Gasteiger partial charge in [-0.05, 0) is 25.7 Å². The Morgan fingerprint density at radius 1 is 0.938 bits per heavy atom. The molecule has 0 aromatic carbocycles. The zero-order valence-corrected chi connectivity index (χ0v) is 9.71. The molecule has 0 aromatic rings. The third kappa shape index (κ3) is 2.74. The number of nitrogens with one attached hydrogen (secondary N) is 1. The fourth-order valence-electron chi connectivity index (χ4n) is 2.56. The Labute approximate surface area is 96.4 Å². The van der Waals surface area contributed by atoms with Crippen LogP contribution in [0.5, 0.6) is 0 Å². The van der Waals surface area contributed by atoms with E-state index in [1.165, 1.54) is 19.3 Å². The SMILES string of the molecule is O=C(NC1CCCCC1)C(=O)N1CCCC1. The highest BCUT2D eigenvalue weighted by molar-refractivity contribution is 6.35. The minimum Gasteiger partial charge on any atom is -0.345 e. The summed E-state index contributed by atoms with van der Waals surface area (Å²) in [5, 5.41) is 2.87. The molecule has 0 radical (unpaired) electrons. The Hall–Kier alpha value is -1.06. The van der Waals surface area contributed by atoms with E-state index >= 15 is 0 Å². The zero-order chi connectivity index (χ0) is 11.4. The summed E-state index contributed by atoms with van der Waals surface area (Å²) in [5.74, 6) is -0.725. The number of amides is 2. The number of carbonyl (C=O) groups excluding carboxylic acids is 2. The van der Waals surface area contributed by atoms with Gasteiger partial charge in [0.1, 0.15) is 0 Å². The number of likely N-dealkylation sites (tertiary alicyclic amines) is 1. The summed E-state index contributed by atoms with van der Waals surface area (Å²) < 4.78 is 0. The standard InChI is InChI=1S/C12H20N2O2/c15-11(12(16)14-8-4-5-9-14)13-10-6-2-1-3-7-10/h10H,1-9H2,(H,13,15). The van der Waals surface area contributed by atoms with Gasteiger partial charge in [0, 0.05) is 19.1 Å². The van der Waals surface area contributed by atoms with Crippen LogP contribution in [0.25, 0.3) is 0 Å². The van der Waals surface area contributed by atoms with Gasteiger partial charge in [0.05, 0.1) is 0 Å². The van der Waals surface area contributed by atoms with E-state index in [2.05, 4.69) is 5.32 Å². The molecule has 16 heavy (non-hydrogen) atoms. The van der Waals surface area contributed by atoms with Crippen molar-refractivity contribution in [3.63, 3.8) is 0 Å². The molecule has 0 unspecified atom stereocenters. The molecular weight excluding hydrogens is 204 g/mol. The third-order valence-electron chi connectivity index (χ3n) is 3.53. The lowest BCUT2D eigenvalue weighted by molar-refractivity contribution is -0.145. The Bertz CT molecular complexity index is 266. The molecule has 2 aliphatic rings. The number of carbonyl (C=O) groups is 2. The second-order valence-corrected chi connectivity index (χ2v) is 4.81. The summed E-state index contributed by atoms with van der Waals surface area (Å²) in [6.45, 7) is 1.49. The Morgan fingerprint density at radius 3 is 2.19 bits per heavy atom. The van der Waals surface area contributed by atoms with Crippen molar-refractivity contribution in [2.24, 2.45) is 0 Å². The van der Waals surface area contributed by atoms with Crippen molar-refractivity contribution in [2.75, 3.05) is 13.1 Å². The molecule has 90 valence electrons. The average molecular weight is 224 g/mol. The number of hydrogen-bond donors (Lipinski definition) is 1. The van der Waals surface area contributed by atoms with Crippen LogP contribution in [0, 0.1) is 0 Å². The summed E-state index contributed by atoms with van der Waals surface area (Å²) in [4.78, 5) is 25.1. The van der Waals surface area contributed by atoms with Crippen LogP contribution in [0.4, 0.5) is 0 Å². The van der Waals surface area contributed by atoms with Crippen molar-refractivity contribution in [1.29, 1.82) is 0 Å². The van der Waals surface area contributed by atoms with E-state index < -0.39 is 5.91 Å². The first-order valence-corrected chi connectivity index (χ1v) is 6.37. The van der Waals surface area contributed by atoms with Crippen LogP contribution >= 0.6 is 0 Å². The molecule has 1 saturated carbocycles. The maximum absolute atomic E-state index is 11.7. The quantitative estimate of drug-likeness (QED) is 0.677. The molecule has 4 heteroatoms. The van der Waals surface area contributed by atoms with Crippen LogP contribution in [-0.4, -0.2) is 35.8 Å². The van der Waals surface area contributed by atoms with E-state index in [1.807, 2.05) is 0 Å². The van der Waals surface area contributed by atoms with Crippen molar-refractivity contribution >= 4 is 11.8 Å². The van der Waals surface area contributed by atoms with Crippen LogP contribution in [0.1, 0.15) is 44.9 Å². The fraction of sp³-hybridized carbons (Fsp3) is 0.833. The summed E-state index contributed by atoms with van der Waals surface area (Å²) >= 11 is 0. The van der Waals surface area contributed by atoms with Gasteiger partial charge in [-0.15, -0.1) is 0 Å². The van der Waals surface area contributed by atoms with E-state index in [-0.39, 0.29) is 11.9 Å². The van der Waals surface area contributed by atoms with E-state index in [1.54, 1.807) is 4.90 Å². The van der Waals surface area contributed by atoms with Crippen molar-refractivity contribution in [3.05, 3.63) is 0 Å². The molecule has 1 saturated heterocycles. The molecule has 2 rings (SSSR count). The van der Waals surface area contributed by atoms with E-state index in [0.717, 1.165) is 38.8 Å². The number of nitrogens with zero attached hydrogens (tertiary/aromatic N) is 1. The predicted molar refractivity (Wildman–Crippen MR) is 60.8 cm³/mol. The molecule has 0 bridgehead atoms. The first kappa shape index (κ1) is 11.4. The molecule has 2 amide bonds. The molecule has 1 heterocycles. The van der Waals surface area contributed by atoms with E-state index in [0.29, 0.717) is 0 Å². The van der Waals surface area contributed by atoms with Crippen LogP contribution < -0.4 is 5.32 Å². The first-order valence-electron chi connectivity index (χ1n) is 6.37. The third-order valence-corrected chi connectivity index (χ3v) is 3.53. The summed E-state index contributed by atoms with van der Waals surface area (Å²) in [6, 6.07) is 0.229.